The molecule has 1 aromatic heterocycles. The molecule has 1 saturated carbocycles. The maximum atomic E-state index is 13.5. The molecular weight excluding hydrogens is 286 g/mol. The van der Waals surface area contributed by atoms with Crippen molar-refractivity contribution >= 4 is 34.2 Å². The number of alkyl halides is 1. The second-order valence-corrected chi connectivity index (χ2v) is 6.40. The second kappa shape index (κ2) is 4.64. The van der Waals surface area contributed by atoms with Gasteiger partial charge in [-0.2, -0.15) is 0 Å². The van der Waals surface area contributed by atoms with Gasteiger partial charge in [0.2, 0.25) is 0 Å². The summed E-state index contributed by atoms with van der Waals surface area (Å²) in [5.41, 5.74) is 1.90. The highest BCUT2D eigenvalue weighted by Gasteiger charge is 2.38. The lowest BCUT2D eigenvalue weighted by atomic mass is 10.1. The van der Waals surface area contributed by atoms with Gasteiger partial charge in [-0.3, -0.25) is 0 Å². The SMILES string of the molecule is CC1(Cn2c(CCCl)nc3cc(F)c(Cl)cc32)CC1. The van der Waals surface area contributed by atoms with Crippen molar-refractivity contribution in [3.8, 4) is 0 Å². The minimum absolute atomic E-state index is 0.145. The summed E-state index contributed by atoms with van der Waals surface area (Å²) in [6.45, 7) is 3.16. The lowest BCUT2D eigenvalue weighted by Crippen LogP contribution is -2.11. The van der Waals surface area contributed by atoms with Gasteiger partial charge in [-0.25, -0.2) is 9.37 Å². The molecule has 0 saturated heterocycles. The van der Waals surface area contributed by atoms with Crippen molar-refractivity contribution in [2.24, 2.45) is 5.41 Å². The Labute approximate surface area is 121 Å². The van der Waals surface area contributed by atoms with E-state index in [0.717, 1.165) is 17.9 Å². The van der Waals surface area contributed by atoms with Crippen LogP contribution in [0, 0.1) is 11.2 Å². The number of nitrogens with zero attached hydrogens (tertiary/aromatic N) is 2. The Hall–Kier alpha value is -0.800. The minimum Gasteiger partial charge on any atom is -0.327 e. The Morgan fingerprint density at radius 3 is 2.79 bits per heavy atom. The van der Waals surface area contributed by atoms with Crippen LogP contribution < -0.4 is 0 Å². The molecular formula is C14H15Cl2FN2. The van der Waals surface area contributed by atoms with E-state index in [1.165, 1.54) is 18.9 Å². The molecule has 0 atom stereocenters. The number of hydrogen-bond acceptors (Lipinski definition) is 1. The van der Waals surface area contributed by atoms with Crippen LogP contribution in [0.25, 0.3) is 11.0 Å². The monoisotopic (exact) mass is 300 g/mol. The lowest BCUT2D eigenvalue weighted by Gasteiger charge is -2.13. The molecule has 1 aromatic carbocycles. The van der Waals surface area contributed by atoms with E-state index in [1.807, 2.05) is 0 Å². The van der Waals surface area contributed by atoms with Crippen molar-refractivity contribution in [3.05, 3.63) is 28.8 Å². The second-order valence-electron chi connectivity index (χ2n) is 5.62. The van der Waals surface area contributed by atoms with Crippen LogP contribution in [0.15, 0.2) is 12.1 Å². The summed E-state index contributed by atoms with van der Waals surface area (Å²) in [5.74, 6) is 1.00. The summed E-state index contributed by atoms with van der Waals surface area (Å²) in [5, 5.41) is 0.145. The third kappa shape index (κ3) is 2.46. The quantitative estimate of drug-likeness (QED) is 0.765. The number of halogens is 3. The zero-order chi connectivity index (χ0) is 13.6. The molecule has 2 nitrogen and oxygen atoms in total. The molecule has 0 aliphatic heterocycles. The van der Waals surface area contributed by atoms with Crippen LogP contribution in [0.4, 0.5) is 4.39 Å². The first-order valence-corrected chi connectivity index (χ1v) is 7.34. The number of aromatic nitrogens is 2. The summed E-state index contributed by atoms with van der Waals surface area (Å²) in [7, 11) is 0. The lowest BCUT2D eigenvalue weighted by molar-refractivity contribution is 0.462. The summed E-state index contributed by atoms with van der Waals surface area (Å²) in [6, 6.07) is 3.07. The van der Waals surface area contributed by atoms with E-state index in [-0.39, 0.29) is 5.02 Å². The standard InChI is InChI=1S/C14H15Cl2FN2/c1-14(3-4-14)8-19-12-6-9(16)10(17)7-11(12)18-13(19)2-5-15/h6-7H,2-5,8H2,1H3. The highest BCUT2D eigenvalue weighted by atomic mass is 35.5. The topological polar surface area (TPSA) is 17.8 Å². The van der Waals surface area contributed by atoms with Crippen molar-refractivity contribution in [2.45, 2.75) is 32.7 Å². The molecule has 1 aliphatic carbocycles. The Morgan fingerprint density at radius 1 is 1.42 bits per heavy atom. The van der Waals surface area contributed by atoms with Crippen molar-refractivity contribution < 1.29 is 4.39 Å². The summed E-state index contributed by atoms with van der Waals surface area (Å²) >= 11 is 11.7. The predicted molar refractivity (Wildman–Crippen MR) is 76.5 cm³/mol. The molecule has 1 aliphatic rings. The van der Waals surface area contributed by atoms with Crippen LogP contribution in [0.2, 0.25) is 5.02 Å². The summed E-state index contributed by atoms with van der Waals surface area (Å²) < 4.78 is 15.7. The van der Waals surface area contributed by atoms with Crippen LogP contribution >= 0.6 is 23.2 Å². The maximum absolute atomic E-state index is 13.5. The van der Waals surface area contributed by atoms with E-state index in [0.29, 0.717) is 23.2 Å². The first kappa shape index (κ1) is 13.2. The normalized spacial score (nSPS) is 17.1. The zero-order valence-corrected chi connectivity index (χ0v) is 12.2. The minimum atomic E-state index is -0.422. The fraction of sp³-hybridized carbons (Fsp3) is 0.500. The van der Waals surface area contributed by atoms with Crippen LogP contribution in [-0.4, -0.2) is 15.4 Å². The van der Waals surface area contributed by atoms with Gasteiger partial charge in [0.25, 0.3) is 0 Å². The Balaban J connectivity index is 2.13. The number of hydrogen-bond donors (Lipinski definition) is 0. The van der Waals surface area contributed by atoms with Gasteiger partial charge in [-0.15, -0.1) is 11.6 Å². The van der Waals surface area contributed by atoms with E-state index in [2.05, 4.69) is 16.5 Å². The number of rotatable bonds is 4. The van der Waals surface area contributed by atoms with Gasteiger partial charge < -0.3 is 4.57 Å². The van der Waals surface area contributed by atoms with Gasteiger partial charge >= 0.3 is 0 Å². The first-order chi connectivity index (χ1) is 9.02. The van der Waals surface area contributed by atoms with Crippen LogP contribution in [0.5, 0.6) is 0 Å². The highest BCUT2D eigenvalue weighted by molar-refractivity contribution is 6.31. The Bertz CT molecular complexity index is 632. The highest BCUT2D eigenvalue weighted by Crippen LogP contribution is 2.47. The van der Waals surface area contributed by atoms with E-state index < -0.39 is 5.82 Å². The average Bonchev–Trinajstić information content (AvgIpc) is 3.00. The smallest absolute Gasteiger partial charge is 0.144 e. The third-order valence-corrected chi connectivity index (χ3v) is 4.31. The van der Waals surface area contributed by atoms with Gasteiger partial charge in [0.15, 0.2) is 0 Å². The number of benzene rings is 1. The van der Waals surface area contributed by atoms with Crippen LogP contribution in [0.3, 0.4) is 0 Å². The molecule has 0 radical (unpaired) electrons. The maximum Gasteiger partial charge on any atom is 0.144 e. The average molecular weight is 301 g/mol. The van der Waals surface area contributed by atoms with Crippen molar-refractivity contribution in [2.75, 3.05) is 5.88 Å². The molecule has 0 N–H and O–H groups in total. The Kier molecular flexibility index (Phi) is 3.22. The fourth-order valence-corrected chi connectivity index (χ4v) is 2.70. The molecule has 0 spiro atoms. The molecule has 5 heteroatoms. The third-order valence-electron chi connectivity index (χ3n) is 3.83. The number of aryl methyl sites for hydroxylation is 1. The van der Waals surface area contributed by atoms with Crippen LogP contribution in [-0.2, 0) is 13.0 Å². The van der Waals surface area contributed by atoms with E-state index >= 15 is 0 Å². The number of fused-ring (bicyclic) bond motifs is 1. The van der Waals surface area contributed by atoms with Crippen molar-refractivity contribution in [3.63, 3.8) is 0 Å². The molecule has 102 valence electrons. The first-order valence-electron chi connectivity index (χ1n) is 6.42. The van der Waals surface area contributed by atoms with E-state index in [1.54, 1.807) is 6.07 Å². The van der Waals surface area contributed by atoms with Crippen LogP contribution in [0.1, 0.15) is 25.6 Å². The largest absolute Gasteiger partial charge is 0.327 e. The van der Waals surface area contributed by atoms with Gasteiger partial charge in [-0.05, 0) is 24.3 Å². The van der Waals surface area contributed by atoms with Crippen molar-refractivity contribution in [1.29, 1.82) is 0 Å². The molecule has 1 heterocycles. The molecule has 2 aromatic rings. The van der Waals surface area contributed by atoms with E-state index in [4.69, 9.17) is 23.2 Å². The van der Waals surface area contributed by atoms with E-state index in [9.17, 15) is 4.39 Å². The van der Waals surface area contributed by atoms with Gasteiger partial charge in [0.05, 0.1) is 16.1 Å². The molecule has 1 fully saturated rings. The molecule has 0 bridgehead atoms. The predicted octanol–water partition coefficient (Wildman–Crippen LogP) is 4.41. The Morgan fingerprint density at radius 2 is 2.16 bits per heavy atom. The molecule has 0 unspecified atom stereocenters. The zero-order valence-electron chi connectivity index (χ0n) is 10.7. The molecule has 3 rings (SSSR count). The number of imidazole rings is 1. The van der Waals surface area contributed by atoms with Crippen molar-refractivity contribution in [1.82, 2.24) is 9.55 Å². The fourth-order valence-electron chi connectivity index (χ4n) is 2.38. The summed E-state index contributed by atoms with van der Waals surface area (Å²) in [4.78, 5) is 4.50. The van der Waals surface area contributed by atoms with Gasteiger partial charge in [0.1, 0.15) is 11.6 Å². The molecule has 0 amide bonds. The van der Waals surface area contributed by atoms with Gasteiger partial charge in [0, 0.05) is 24.9 Å². The summed E-state index contributed by atoms with van der Waals surface area (Å²) in [6.07, 6.45) is 3.13. The van der Waals surface area contributed by atoms with Gasteiger partial charge in [-0.1, -0.05) is 18.5 Å². The molecule has 19 heavy (non-hydrogen) atoms.